The molecule has 1 heterocycles. The van der Waals surface area contributed by atoms with Gasteiger partial charge in [0.05, 0.1) is 0 Å². The number of nitrogens with two attached hydrogens (primary N) is 1. The molecule has 0 aliphatic carbocycles. The van der Waals surface area contributed by atoms with Crippen molar-refractivity contribution in [1.82, 2.24) is 10.2 Å². The van der Waals surface area contributed by atoms with Crippen LogP contribution < -0.4 is 11.1 Å². The largest absolute Gasteiger partial charge is 0.370 e. The molecule has 1 aliphatic heterocycles. The Morgan fingerprint density at radius 3 is 2.81 bits per heavy atom. The number of rotatable bonds is 4. The van der Waals surface area contributed by atoms with Crippen molar-refractivity contribution in [3.05, 3.63) is 35.4 Å². The fraction of sp³-hybridized carbons (Fsp3) is 0.500. The van der Waals surface area contributed by atoms with Gasteiger partial charge < -0.3 is 16.0 Å². The van der Waals surface area contributed by atoms with E-state index in [0.29, 0.717) is 18.4 Å². The van der Waals surface area contributed by atoms with E-state index >= 15 is 0 Å². The second-order valence-corrected chi connectivity index (χ2v) is 5.81. The molecule has 1 aliphatic rings. The molecule has 114 valence electrons. The molecule has 0 saturated carbocycles. The van der Waals surface area contributed by atoms with E-state index in [9.17, 15) is 4.79 Å². The molecule has 0 aromatic heterocycles. The molecule has 3 N–H and O–H groups in total. The first-order valence-corrected chi connectivity index (χ1v) is 7.44. The summed E-state index contributed by atoms with van der Waals surface area (Å²) in [6.07, 6.45) is 0.909. The van der Waals surface area contributed by atoms with Crippen molar-refractivity contribution in [1.29, 1.82) is 0 Å². The lowest BCUT2D eigenvalue weighted by Gasteiger charge is -2.28. The molecular formula is C16H24N4O. The Kier molecular flexibility index (Phi) is 5.20. The Morgan fingerprint density at radius 2 is 2.10 bits per heavy atom. The number of amides is 1. The second-order valence-electron chi connectivity index (χ2n) is 5.81. The quantitative estimate of drug-likeness (QED) is 0.644. The molecule has 1 amide bonds. The van der Waals surface area contributed by atoms with Crippen LogP contribution in [-0.2, 0) is 17.8 Å². The van der Waals surface area contributed by atoms with E-state index in [0.717, 1.165) is 19.5 Å². The van der Waals surface area contributed by atoms with E-state index in [1.54, 1.807) is 0 Å². The van der Waals surface area contributed by atoms with Gasteiger partial charge in [0.15, 0.2) is 5.96 Å². The Morgan fingerprint density at radius 1 is 1.38 bits per heavy atom. The van der Waals surface area contributed by atoms with Crippen LogP contribution in [0.25, 0.3) is 0 Å². The second kappa shape index (κ2) is 7.11. The van der Waals surface area contributed by atoms with Crippen molar-refractivity contribution in [3.63, 3.8) is 0 Å². The van der Waals surface area contributed by atoms with Gasteiger partial charge in [0.1, 0.15) is 6.54 Å². The summed E-state index contributed by atoms with van der Waals surface area (Å²) in [7, 11) is 0. The Balaban J connectivity index is 1.86. The van der Waals surface area contributed by atoms with Gasteiger partial charge in [-0.1, -0.05) is 38.1 Å². The number of hydrogen-bond acceptors (Lipinski definition) is 2. The predicted molar refractivity (Wildman–Crippen MR) is 84.9 cm³/mol. The zero-order valence-electron chi connectivity index (χ0n) is 12.8. The monoisotopic (exact) mass is 288 g/mol. The highest BCUT2D eigenvalue weighted by molar-refractivity contribution is 5.84. The van der Waals surface area contributed by atoms with Crippen LogP contribution >= 0.6 is 0 Å². The van der Waals surface area contributed by atoms with E-state index in [1.807, 2.05) is 17.0 Å². The van der Waals surface area contributed by atoms with E-state index in [-0.39, 0.29) is 12.5 Å². The van der Waals surface area contributed by atoms with E-state index < -0.39 is 0 Å². The van der Waals surface area contributed by atoms with Gasteiger partial charge in [-0.15, -0.1) is 0 Å². The lowest BCUT2D eigenvalue weighted by Crippen LogP contribution is -2.39. The topological polar surface area (TPSA) is 70.7 Å². The molecule has 21 heavy (non-hydrogen) atoms. The van der Waals surface area contributed by atoms with Crippen molar-refractivity contribution in [3.8, 4) is 0 Å². The molecule has 0 fully saturated rings. The third kappa shape index (κ3) is 4.48. The average molecular weight is 288 g/mol. The number of nitrogens with zero attached hydrogens (tertiary/aromatic N) is 2. The minimum atomic E-state index is 0.0267. The zero-order valence-corrected chi connectivity index (χ0v) is 12.8. The number of carbonyl (C=O) groups is 1. The molecule has 1 aromatic rings. The van der Waals surface area contributed by atoms with Gasteiger partial charge in [0.25, 0.3) is 0 Å². The van der Waals surface area contributed by atoms with E-state index in [1.165, 1.54) is 11.1 Å². The average Bonchev–Trinajstić information content (AvgIpc) is 2.50. The summed E-state index contributed by atoms with van der Waals surface area (Å²) in [5.41, 5.74) is 8.31. The van der Waals surface area contributed by atoms with Crippen LogP contribution in [0.5, 0.6) is 0 Å². The lowest BCUT2D eigenvalue weighted by atomic mass is 10.00. The maximum absolute atomic E-state index is 12.2. The fourth-order valence-corrected chi connectivity index (χ4v) is 2.33. The van der Waals surface area contributed by atoms with E-state index in [4.69, 9.17) is 5.73 Å². The van der Waals surface area contributed by atoms with Crippen molar-refractivity contribution in [2.45, 2.75) is 26.8 Å². The fourth-order valence-electron chi connectivity index (χ4n) is 2.33. The molecule has 0 radical (unpaired) electrons. The Hall–Kier alpha value is -2.04. The van der Waals surface area contributed by atoms with Crippen molar-refractivity contribution in [2.75, 3.05) is 19.6 Å². The highest BCUT2D eigenvalue weighted by atomic mass is 16.2. The number of fused-ring (bicyclic) bond motifs is 1. The number of hydrogen-bond donors (Lipinski definition) is 2. The van der Waals surface area contributed by atoms with Gasteiger partial charge in [-0.3, -0.25) is 4.79 Å². The minimum absolute atomic E-state index is 0.0267. The molecule has 0 unspecified atom stereocenters. The highest BCUT2D eigenvalue weighted by Crippen LogP contribution is 2.18. The predicted octanol–water partition coefficient (Wildman–Crippen LogP) is 1.13. The van der Waals surface area contributed by atoms with Gasteiger partial charge in [-0.2, -0.15) is 0 Å². The maximum atomic E-state index is 12.2. The van der Waals surface area contributed by atoms with Crippen LogP contribution in [0.2, 0.25) is 0 Å². The van der Waals surface area contributed by atoms with Crippen LogP contribution in [0.4, 0.5) is 0 Å². The summed E-state index contributed by atoms with van der Waals surface area (Å²) in [5.74, 6) is 0.862. The van der Waals surface area contributed by atoms with Crippen LogP contribution in [0, 0.1) is 5.92 Å². The Labute approximate surface area is 126 Å². The van der Waals surface area contributed by atoms with Crippen LogP contribution in [0.15, 0.2) is 29.3 Å². The summed E-state index contributed by atoms with van der Waals surface area (Å²) >= 11 is 0. The summed E-state index contributed by atoms with van der Waals surface area (Å²) in [6.45, 7) is 6.49. The summed E-state index contributed by atoms with van der Waals surface area (Å²) in [5, 5.41) is 3.01. The number of aliphatic imine (C=N–C) groups is 1. The van der Waals surface area contributed by atoms with E-state index in [2.05, 4.69) is 36.3 Å². The molecule has 0 spiro atoms. The highest BCUT2D eigenvalue weighted by Gasteiger charge is 2.19. The van der Waals surface area contributed by atoms with Gasteiger partial charge in [-0.05, 0) is 23.5 Å². The van der Waals surface area contributed by atoms with Crippen LogP contribution in [0.3, 0.4) is 0 Å². The normalized spacial score (nSPS) is 15.0. The summed E-state index contributed by atoms with van der Waals surface area (Å²) in [4.78, 5) is 18.2. The van der Waals surface area contributed by atoms with Gasteiger partial charge in [-0.25, -0.2) is 4.99 Å². The standard InChI is InChI=1S/C16H24N4O/c1-12(2)9-18-16(17)19-10-15(21)20-8-7-13-5-3-4-6-14(13)11-20/h3-6,12H,7-11H2,1-2H3,(H3,17,18,19). The third-order valence-corrected chi connectivity index (χ3v) is 3.56. The summed E-state index contributed by atoms with van der Waals surface area (Å²) in [6, 6.07) is 8.26. The van der Waals surface area contributed by atoms with Crippen LogP contribution in [-0.4, -0.2) is 36.4 Å². The van der Waals surface area contributed by atoms with Crippen molar-refractivity contribution >= 4 is 11.9 Å². The first-order valence-electron chi connectivity index (χ1n) is 7.44. The lowest BCUT2D eigenvalue weighted by molar-refractivity contribution is -0.130. The molecule has 2 rings (SSSR count). The van der Waals surface area contributed by atoms with Gasteiger partial charge in [0, 0.05) is 19.6 Å². The smallest absolute Gasteiger partial charge is 0.244 e. The van der Waals surface area contributed by atoms with Gasteiger partial charge in [0.2, 0.25) is 5.91 Å². The number of carbonyl (C=O) groups excluding carboxylic acids is 1. The molecule has 0 bridgehead atoms. The SMILES string of the molecule is CC(C)CNC(N)=NCC(=O)N1CCc2ccccc2C1. The molecule has 0 saturated heterocycles. The van der Waals surface area contributed by atoms with Crippen molar-refractivity contribution < 1.29 is 4.79 Å². The number of benzene rings is 1. The molecular weight excluding hydrogens is 264 g/mol. The summed E-state index contributed by atoms with van der Waals surface area (Å²) < 4.78 is 0. The maximum Gasteiger partial charge on any atom is 0.244 e. The Bertz CT molecular complexity index is 525. The molecule has 0 atom stereocenters. The first-order chi connectivity index (χ1) is 10.1. The zero-order chi connectivity index (χ0) is 15.2. The van der Waals surface area contributed by atoms with Crippen LogP contribution in [0.1, 0.15) is 25.0 Å². The minimum Gasteiger partial charge on any atom is -0.370 e. The van der Waals surface area contributed by atoms with Gasteiger partial charge >= 0.3 is 0 Å². The molecule has 5 heteroatoms. The third-order valence-electron chi connectivity index (χ3n) is 3.56. The molecule has 1 aromatic carbocycles. The molecule has 5 nitrogen and oxygen atoms in total. The van der Waals surface area contributed by atoms with Crippen molar-refractivity contribution in [2.24, 2.45) is 16.6 Å². The number of guanidine groups is 1. The number of nitrogens with one attached hydrogen (secondary N) is 1. The first kappa shape index (κ1) is 15.4.